The summed E-state index contributed by atoms with van der Waals surface area (Å²) in [6.07, 6.45) is 0. The van der Waals surface area contributed by atoms with Crippen LogP contribution in [0.3, 0.4) is 0 Å². The molecule has 0 bridgehead atoms. The van der Waals surface area contributed by atoms with Gasteiger partial charge < -0.3 is 4.74 Å². The molecule has 6 heteroatoms. The zero-order valence-corrected chi connectivity index (χ0v) is 9.06. The summed E-state index contributed by atoms with van der Waals surface area (Å²) in [6.45, 7) is 6.68. The van der Waals surface area contributed by atoms with Crippen LogP contribution in [0.1, 0.15) is 20.8 Å². The van der Waals surface area contributed by atoms with Gasteiger partial charge in [-0.15, -0.1) is 0 Å². The summed E-state index contributed by atoms with van der Waals surface area (Å²) < 4.78 is 13.5. The van der Waals surface area contributed by atoms with Crippen molar-refractivity contribution in [2.45, 2.75) is 20.8 Å². The molecule has 0 rings (SSSR count). The first-order valence-electron chi connectivity index (χ1n) is 3.25. The number of ether oxygens (including phenoxy) is 1. The monoisotopic (exact) mass is 216 g/mol. The molecular formula is C6H14ClO4P. The van der Waals surface area contributed by atoms with Crippen LogP contribution in [0.4, 0.5) is 0 Å². The molecule has 0 fully saturated rings. The summed E-state index contributed by atoms with van der Waals surface area (Å²) in [4.78, 5) is 3.72. The molecule has 0 atom stereocenters. The minimum atomic E-state index is -0.361. The van der Waals surface area contributed by atoms with Crippen molar-refractivity contribution in [1.82, 2.24) is 0 Å². The summed E-state index contributed by atoms with van der Waals surface area (Å²) >= 11 is 4.42. The van der Waals surface area contributed by atoms with E-state index in [0.29, 0.717) is 6.61 Å². The third-order valence-corrected chi connectivity index (χ3v) is 0.671. The molecule has 0 unspecified atom stereocenters. The van der Waals surface area contributed by atoms with Gasteiger partial charge in [-0.2, -0.15) is 0 Å². The molecule has 0 aromatic carbocycles. The fourth-order valence-corrected chi connectivity index (χ4v) is 0.385. The maximum atomic E-state index is 8.67. The molecule has 0 aromatic rings. The summed E-state index contributed by atoms with van der Waals surface area (Å²) in [6, 6.07) is 0. The Labute approximate surface area is 78.7 Å². The molecule has 1 N–H and O–H groups in total. The molecule has 12 heavy (non-hydrogen) atoms. The van der Waals surface area contributed by atoms with Crippen molar-refractivity contribution in [3.63, 3.8) is 0 Å². The maximum absolute atomic E-state index is 8.67. The van der Waals surface area contributed by atoms with Gasteiger partial charge in [-0.3, -0.25) is 4.57 Å². The van der Waals surface area contributed by atoms with Gasteiger partial charge in [0, 0.05) is 0 Å². The maximum Gasteiger partial charge on any atom is 0.267 e. The third-order valence-electron chi connectivity index (χ3n) is 0.671. The molecule has 74 valence electrons. The molecular weight excluding hydrogens is 202 g/mol. The topological polar surface area (TPSA) is 55.8 Å². The highest BCUT2D eigenvalue weighted by Gasteiger charge is 2.09. The predicted molar refractivity (Wildman–Crippen MR) is 47.4 cm³/mol. The smallest absolute Gasteiger partial charge is 0.267 e. The van der Waals surface area contributed by atoms with Crippen molar-refractivity contribution in [3.8, 4) is 0 Å². The average Bonchev–Trinajstić information content (AvgIpc) is 1.87. The molecule has 0 heterocycles. The van der Waals surface area contributed by atoms with E-state index in [2.05, 4.69) is 16.1 Å². The third kappa shape index (κ3) is 22.4. The highest BCUT2D eigenvalue weighted by atomic mass is 35.7. The molecule has 0 aliphatic carbocycles. The van der Waals surface area contributed by atoms with Gasteiger partial charge in [-0.1, -0.05) is 20.8 Å². The van der Waals surface area contributed by atoms with Gasteiger partial charge in [-0.25, -0.2) is 10.1 Å². The Morgan fingerprint density at radius 3 is 2.17 bits per heavy atom. The van der Waals surface area contributed by atoms with E-state index in [-0.39, 0.29) is 20.0 Å². The van der Waals surface area contributed by atoms with E-state index in [4.69, 9.17) is 14.6 Å². The molecule has 0 saturated heterocycles. The minimum Gasteiger partial charge on any atom is -0.352 e. The van der Waals surface area contributed by atoms with Crippen molar-refractivity contribution >= 4 is 19.1 Å². The fraction of sp³-hybridized carbons (Fsp3) is 1.00. The van der Waals surface area contributed by atoms with Crippen molar-refractivity contribution in [2.24, 2.45) is 5.41 Å². The first-order chi connectivity index (χ1) is 5.47. The minimum absolute atomic E-state index is 0.0444. The van der Waals surface area contributed by atoms with Crippen LogP contribution in [0.15, 0.2) is 0 Å². The van der Waals surface area contributed by atoms with Crippen LogP contribution in [-0.4, -0.2) is 18.7 Å². The summed E-state index contributed by atoms with van der Waals surface area (Å²) in [7, 11) is -0.361. The SMILES string of the molecule is CC(C)(C)COCOO.O=PCl. The number of hydrogen-bond acceptors (Lipinski definition) is 4. The van der Waals surface area contributed by atoms with E-state index >= 15 is 0 Å². The van der Waals surface area contributed by atoms with Gasteiger partial charge in [0.05, 0.1) is 6.61 Å². The second-order valence-corrected chi connectivity index (χ2v) is 3.78. The summed E-state index contributed by atoms with van der Waals surface area (Å²) in [5, 5.41) is 7.84. The molecule has 0 aliphatic heterocycles. The van der Waals surface area contributed by atoms with Crippen molar-refractivity contribution in [1.29, 1.82) is 0 Å². The van der Waals surface area contributed by atoms with Gasteiger partial charge >= 0.3 is 0 Å². The molecule has 0 aliphatic rings. The van der Waals surface area contributed by atoms with Crippen LogP contribution in [-0.2, 0) is 14.2 Å². The molecule has 0 aromatic heterocycles. The van der Waals surface area contributed by atoms with Gasteiger partial charge in [-0.05, 0) is 16.7 Å². The van der Waals surface area contributed by atoms with Crippen LogP contribution in [0.25, 0.3) is 0 Å². The van der Waals surface area contributed by atoms with Crippen molar-refractivity contribution < 1.29 is 19.4 Å². The van der Waals surface area contributed by atoms with Crippen molar-refractivity contribution in [2.75, 3.05) is 13.4 Å². The van der Waals surface area contributed by atoms with Crippen molar-refractivity contribution in [3.05, 3.63) is 0 Å². The van der Waals surface area contributed by atoms with Crippen LogP contribution < -0.4 is 0 Å². The summed E-state index contributed by atoms with van der Waals surface area (Å²) in [5.74, 6) is 0. The van der Waals surface area contributed by atoms with Gasteiger partial charge in [0.15, 0.2) is 6.79 Å². The Bertz CT molecular complexity index is 104. The van der Waals surface area contributed by atoms with E-state index in [9.17, 15) is 0 Å². The van der Waals surface area contributed by atoms with Crippen LogP contribution in [0.5, 0.6) is 0 Å². The van der Waals surface area contributed by atoms with Gasteiger partial charge in [0.1, 0.15) is 0 Å². The second-order valence-electron chi connectivity index (χ2n) is 3.23. The normalized spacial score (nSPS) is 10.8. The lowest BCUT2D eigenvalue weighted by Crippen LogP contribution is -2.15. The van der Waals surface area contributed by atoms with E-state index in [0.717, 1.165) is 0 Å². The van der Waals surface area contributed by atoms with Crippen LogP contribution in [0, 0.1) is 5.41 Å². The zero-order valence-electron chi connectivity index (χ0n) is 7.41. The summed E-state index contributed by atoms with van der Waals surface area (Å²) in [5.41, 5.74) is 0.137. The van der Waals surface area contributed by atoms with E-state index in [1.54, 1.807) is 0 Å². The standard InChI is InChI=1S/C6H14O3.ClOP/c1-6(2,3)4-8-5-9-7;1-3-2/h7H,4-5H2,1-3H3;. The number of hydrogen-bond donors (Lipinski definition) is 1. The van der Waals surface area contributed by atoms with Crippen LogP contribution in [0.2, 0.25) is 0 Å². The van der Waals surface area contributed by atoms with Gasteiger partial charge in [0.2, 0.25) is 0 Å². The first-order valence-corrected chi connectivity index (χ1v) is 4.97. The second kappa shape index (κ2) is 9.36. The highest BCUT2D eigenvalue weighted by Crippen LogP contribution is 2.12. The van der Waals surface area contributed by atoms with Gasteiger partial charge in [0.25, 0.3) is 7.81 Å². The predicted octanol–water partition coefficient (Wildman–Crippen LogP) is 2.93. The zero-order chi connectivity index (χ0) is 10.0. The average molecular weight is 217 g/mol. The van der Waals surface area contributed by atoms with E-state index in [1.807, 2.05) is 20.8 Å². The fourth-order valence-electron chi connectivity index (χ4n) is 0.385. The Morgan fingerprint density at radius 2 is 1.92 bits per heavy atom. The Hall–Kier alpha value is 0.270. The lowest BCUT2D eigenvalue weighted by atomic mass is 9.99. The van der Waals surface area contributed by atoms with E-state index in [1.165, 1.54) is 0 Å². The van der Waals surface area contributed by atoms with Crippen LogP contribution >= 0.6 is 19.1 Å². The Kier molecular flexibility index (Phi) is 11.5. The highest BCUT2D eigenvalue weighted by molar-refractivity contribution is 7.57. The lowest BCUT2D eigenvalue weighted by Gasteiger charge is -2.16. The molecule has 0 spiro atoms. The Balaban J connectivity index is 0. The lowest BCUT2D eigenvalue weighted by molar-refractivity contribution is -0.298. The number of rotatable bonds is 3. The quantitative estimate of drug-likeness (QED) is 0.259. The largest absolute Gasteiger partial charge is 0.352 e. The molecule has 0 amide bonds. The molecule has 0 radical (unpaired) electrons. The first kappa shape index (κ1) is 14.8. The number of halogens is 1. The Morgan fingerprint density at radius 1 is 1.50 bits per heavy atom. The molecule has 0 saturated carbocycles. The van der Waals surface area contributed by atoms with E-state index < -0.39 is 0 Å². The molecule has 4 nitrogen and oxygen atoms in total.